The second-order valence-corrected chi connectivity index (χ2v) is 8.98. The van der Waals surface area contributed by atoms with Crippen LogP contribution in [-0.4, -0.2) is 30.8 Å². The molecule has 0 fully saturated rings. The standard InChI is InChI=1S/C32H32N4O3/c1-2-36(29-11-7-4-8-12-29)32(39)25-14-16-27(17-15-25)35-31(38)23-33-26-18-20-28(21-19-26)34-30(37)22-13-24-9-5-3-6-10-24/h3-12,14-21,33H,2,13,22-23H2,1H3,(H,34,37)(H,35,38). The molecule has 0 atom stereocenters. The van der Waals surface area contributed by atoms with Gasteiger partial charge in [-0.3, -0.25) is 14.4 Å². The molecule has 0 aliphatic heterocycles. The number of aryl methyl sites for hydroxylation is 1. The van der Waals surface area contributed by atoms with Crippen LogP contribution in [0.1, 0.15) is 29.3 Å². The van der Waals surface area contributed by atoms with E-state index in [4.69, 9.17) is 0 Å². The Kier molecular flexibility index (Phi) is 9.45. The van der Waals surface area contributed by atoms with Gasteiger partial charge in [-0.25, -0.2) is 0 Å². The summed E-state index contributed by atoms with van der Waals surface area (Å²) in [6.07, 6.45) is 1.09. The van der Waals surface area contributed by atoms with Gasteiger partial charge in [0.25, 0.3) is 5.91 Å². The third kappa shape index (κ3) is 8.04. The zero-order valence-corrected chi connectivity index (χ0v) is 21.9. The molecular formula is C32H32N4O3. The van der Waals surface area contributed by atoms with E-state index in [0.29, 0.717) is 36.3 Å². The highest BCUT2D eigenvalue weighted by Crippen LogP contribution is 2.18. The topological polar surface area (TPSA) is 90.5 Å². The van der Waals surface area contributed by atoms with Crippen molar-refractivity contribution in [3.05, 3.63) is 120 Å². The van der Waals surface area contributed by atoms with Crippen LogP contribution in [0.4, 0.5) is 22.7 Å². The van der Waals surface area contributed by atoms with Crippen molar-refractivity contribution < 1.29 is 14.4 Å². The summed E-state index contributed by atoms with van der Waals surface area (Å²) in [7, 11) is 0. The molecule has 0 bridgehead atoms. The Labute approximate surface area is 228 Å². The number of carbonyl (C=O) groups is 3. The molecule has 0 aliphatic rings. The Hall–Kier alpha value is -4.91. The highest BCUT2D eigenvalue weighted by atomic mass is 16.2. The predicted molar refractivity (Wildman–Crippen MR) is 157 cm³/mol. The smallest absolute Gasteiger partial charge is 0.258 e. The first kappa shape index (κ1) is 27.1. The number of hydrogen-bond acceptors (Lipinski definition) is 4. The largest absolute Gasteiger partial charge is 0.376 e. The molecule has 3 amide bonds. The van der Waals surface area contributed by atoms with Crippen molar-refractivity contribution in [2.75, 3.05) is 33.9 Å². The first-order valence-electron chi connectivity index (χ1n) is 13.0. The first-order chi connectivity index (χ1) is 19.0. The van der Waals surface area contributed by atoms with Crippen LogP contribution in [0.25, 0.3) is 0 Å². The van der Waals surface area contributed by atoms with Crippen molar-refractivity contribution in [3.8, 4) is 0 Å². The molecule has 198 valence electrons. The average Bonchev–Trinajstić information content (AvgIpc) is 2.97. The fourth-order valence-corrected chi connectivity index (χ4v) is 4.09. The molecule has 4 rings (SSSR count). The van der Waals surface area contributed by atoms with Crippen LogP contribution in [0.15, 0.2) is 109 Å². The molecule has 0 spiro atoms. The molecule has 3 N–H and O–H groups in total. The van der Waals surface area contributed by atoms with E-state index in [1.165, 1.54) is 0 Å². The zero-order chi connectivity index (χ0) is 27.5. The van der Waals surface area contributed by atoms with Crippen molar-refractivity contribution in [2.24, 2.45) is 0 Å². The quantitative estimate of drug-likeness (QED) is 0.227. The van der Waals surface area contributed by atoms with Crippen molar-refractivity contribution in [2.45, 2.75) is 19.8 Å². The highest BCUT2D eigenvalue weighted by molar-refractivity contribution is 6.06. The van der Waals surface area contributed by atoms with Crippen LogP contribution in [0, 0.1) is 0 Å². The third-order valence-corrected chi connectivity index (χ3v) is 6.15. The van der Waals surface area contributed by atoms with E-state index in [-0.39, 0.29) is 24.3 Å². The van der Waals surface area contributed by atoms with E-state index in [1.54, 1.807) is 41.3 Å². The first-order valence-corrected chi connectivity index (χ1v) is 13.0. The molecule has 39 heavy (non-hydrogen) atoms. The summed E-state index contributed by atoms with van der Waals surface area (Å²) in [6.45, 7) is 2.55. The molecule has 0 radical (unpaired) electrons. The van der Waals surface area contributed by atoms with Gasteiger partial charge in [0, 0.05) is 41.3 Å². The fourth-order valence-electron chi connectivity index (χ4n) is 4.09. The maximum atomic E-state index is 12.9. The van der Waals surface area contributed by atoms with Gasteiger partial charge in [0.05, 0.1) is 6.54 Å². The molecule has 4 aromatic rings. The average molecular weight is 521 g/mol. The van der Waals surface area contributed by atoms with Gasteiger partial charge in [0.2, 0.25) is 11.8 Å². The van der Waals surface area contributed by atoms with Crippen LogP contribution in [0.3, 0.4) is 0 Å². The number of hydrogen-bond donors (Lipinski definition) is 3. The van der Waals surface area contributed by atoms with E-state index in [9.17, 15) is 14.4 Å². The van der Waals surface area contributed by atoms with Gasteiger partial charge < -0.3 is 20.9 Å². The minimum atomic E-state index is -0.216. The second-order valence-electron chi connectivity index (χ2n) is 8.98. The molecule has 0 heterocycles. The Morgan fingerprint density at radius 1 is 0.641 bits per heavy atom. The number of nitrogens with zero attached hydrogens (tertiary/aromatic N) is 1. The van der Waals surface area contributed by atoms with E-state index in [2.05, 4.69) is 16.0 Å². The van der Waals surface area contributed by atoms with Crippen LogP contribution < -0.4 is 20.9 Å². The predicted octanol–water partition coefficient (Wildman–Crippen LogP) is 5.98. The molecule has 7 heteroatoms. The van der Waals surface area contributed by atoms with Gasteiger partial charge >= 0.3 is 0 Å². The fraction of sp³-hybridized carbons (Fsp3) is 0.156. The van der Waals surface area contributed by atoms with E-state index >= 15 is 0 Å². The number of carbonyl (C=O) groups excluding carboxylic acids is 3. The van der Waals surface area contributed by atoms with Gasteiger partial charge in [-0.2, -0.15) is 0 Å². The Morgan fingerprint density at radius 3 is 1.79 bits per heavy atom. The summed E-state index contributed by atoms with van der Waals surface area (Å²) in [5, 5.41) is 8.81. The van der Waals surface area contributed by atoms with Gasteiger partial charge in [-0.05, 0) is 79.6 Å². The van der Waals surface area contributed by atoms with Gasteiger partial charge in [0.15, 0.2) is 0 Å². The number of nitrogens with one attached hydrogen (secondary N) is 3. The molecule has 7 nitrogen and oxygen atoms in total. The maximum absolute atomic E-state index is 12.9. The Balaban J connectivity index is 1.22. The summed E-state index contributed by atoms with van der Waals surface area (Å²) in [5.41, 5.74) is 4.58. The molecule has 0 saturated carbocycles. The van der Waals surface area contributed by atoms with Crippen molar-refractivity contribution in [1.82, 2.24) is 0 Å². The molecule has 0 saturated heterocycles. The number of anilines is 4. The molecular weight excluding hydrogens is 488 g/mol. The van der Waals surface area contributed by atoms with Crippen LogP contribution in [0.2, 0.25) is 0 Å². The SMILES string of the molecule is CCN(C(=O)c1ccc(NC(=O)CNc2ccc(NC(=O)CCc3ccccc3)cc2)cc1)c1ccccc1. The lowest BCUT2D eigenvalue weighted by atomic mass is 10.1. The maximum Gasteiger partial charge on any atom is 0.258 e. The summed E-state index contributed by atoms with van der Waals surface area (Å²) in [5.74, 6) is -0.361. The lowest BCUT2D eigenvalue weighted by molar-refractivity contribution is -0.116. The van der Waals surface area contributed by atoms with Gasteiger partial charge in [-0.1, -0.05) is 48.5 Å². The van der Waals surface area contributed by atoms with E-state index in [0.717, 1.165) is 16.9 Å². The van der Waals surface area contributed by atoms with Crippen LogP contribution >= 0.6 is 0 Å². The minimum Gasteiger partial charge on any atom is -0.376 e. The van der Waals surface area contributed by atoms with Crippen molar-refractivity contribution in [1.29, 1.82) is 0 Å². The summed E-state index contributed by atoms with van der Waals surface area (Å²) >= 11 is 0. The molecule has 0 aromatic heterocycles. The normalized spacial score (nSPS) is 10.4. The number of amides is 3. The third-order valence-electron chi connectivity index (χ3n) is 6.15. The van der Waals surface area contributed by atoms with Crippen LogP contribution in [0.5, 0.6) is 0 Å². The summed E-state index contributed by atoms with van der Waals surface area (Å²) in [4.78, 5) is 39.3. The lowest BCUT2D eigenvalue weighted by Gasteiger charge is -2.21. The zero-order valence-electron chi connectivity index (χ0n) is 21.9. The monoisotopic (exact) mass is 520 g/mol. The minimum absolute atomic E-state index is 0.0471. The van der Waals surface area contributed by atoms with Crippen molar-refractivity contribution in [3.63, 3.8) is 0 Å². The van der Waals surface area contributed by atoms with E-state index < -0.39 is 0 Å². The summed E-state index contributed by atoms with van der Waals surface area (Å²) < 4.78 is 0. The molecule has 0 aliphatic carbocycles. The number of rotatable bonds is 11. The van der Waals surface area contributed by atoms with Gasteiger partial charge in [0.1, 0.15) is 0 Å². The summed E-state index contributed by atoms with van der Waals surface area (Å²) in [6, 6.07) is 33.5. The Morgan fingerprint density at radius 2 is 1.18 bits per heavy atom. The van der Waals surface area contributed by atoms with Crippen molar-refractivity contribution >= 4 is 40.5 Å². The number of para-hydroxylation sites is 1. The lowest BCUT2D eigenvalue weighted by Crippen LogP contribution is -2.30. The molecule has 0 unspecified atom stereocenters. The Bertz CT molecular complexity index is 1370. The van der Waals surface area contributed by atoms with Crippen LogP contribution in [-0.2, 0) is 16.0 Å². The second kappa shape index (κ2) is 13.6. The molecule has 4 aromatic carbocycles. The van der Waals surface area contributed by atoms with E-state index in [1.807, 2.05) is 79.7 Å². The number of benzene rings is 4. The van der Waals surface area contributed by atoms with Gasteiger partial charge in [-0.15, -0.1) is 0 Å². The highest BCUT2D eigenvalue weighted by Gasteiger charge is 2.16.